The van der Waals surface area contributed by atoms with E-state index in [9.17, 15) is 15.0 Å². The Bertz CT molecular complexity index is 833. The van der Waals surface area contributed by atoms with Crippen LogP contribution in [0.5, 0.6) is 0 Å². The van der Waals surface area contributed by atoms with Gasteiger partial charge in [-0.3, -0.25) is 0 Å². The van der Waals surface area contributed by atoms with Crippen molar-refractivity contribution in [2.24, 2.45) is 39.4 Å². The molecule has 0 unspecified atom stereocenters. The number of aliphatic hydroxyl groups is 2. The molecule has 9 atom stereocenters. The van der Waals surface area contributed by atoms with E-state index in [0.29, 0.717) is 36.7 Å². The molecule has 5 nitrogen and oxygen atoms in total. The minimum Gasteiger partial charge on any atom is -0.430 e. The summed E-state index contributed by atoms with van der Waals surface area (Å²) in [6, 6.07) is 0. The zero-order valence-electron chi connectivity index (χ0n) is 19.2. The monoisotopic (exact) mass is 418 g/mol. The van der Waals surface area contributed by atoms with E-state index in [-0.39, 0.29) is 16.7 Å². The molecule has 168 valence electrons. The van der Waals surface area contributed by atoms with Crippen molar-refractivity contribution in [2.75, 3.05) is 6.61 Å². The highest BCUT2D eigenvalue weighted by Crippen LogP contribution is 2.86. The lowest BCUT2D eigenvalue weighted by molar-refractivity contribution is -0.295. The zero-order chi connectivity index (χ0) is 21.6. The average molecular weight is 419 g/mol. The first-order valence-electron chi connectivity index (χ1n) is 12.1. The van der Waals surface area contributed by atoms with Gasteiger partial charge in [-0.25, -0.2) is 4.79 Å². The smallest absolute Gasteiger partial charge is 0.341 e. The summed E-state index contributed by atoms with van der Waals surface area (Å²) in [6.07, 6.45) is 7.23. The Morgan fingerprint density at radius 2 is 1.73 bits per heavy atom. The van der Waals surface area contributed by atoms with Gasteiger partial charge in [-0.05, 0) is 81.0 Å². The van der Waals surface area contributed by atoms with Crippen LogP contribution in [-0.2, 0) is 14.3 Å². The molecule has 2 saturated heterocycles. The van der Waals surface area contributed by atoms with E-state index >= 15 is 0 Å². The molecule has 5 heteroatoms. The standard InChI is InChI=1S/C25H38O5/c1-15(2)22-9-10-23(17(22)11-22)14-29-25-13-19(3)7-6-8-20(4,27)16(19)12-24(23,25)21(5,28)18(26)30-25/h15-17,27-28H,6-14H2,1-5H3/t16-,17+,19-,20-,21-,22-,23-,24+,25+/m1/s1. The van der Waals surface area contributed by atoms with Gasteiger partial charge in [0.2, 0.25) is 5.79 Å². The van der Waals surface area contributed by atoms with E-state index in [0.717, 1.165) is 38.5 Å². The highest BCUT2D eigenvalue weighted by molar-refractivity contribution is 5.84. The largest absolute Gasteiger partial charge is 0.430 e. The van der Waals surface area contributed by atoms with Gasteiger partial charge < -0.3 is 19.7 Å². The molecular formula is C25H38O5. The van der Waals surface area contributed by atoms with Crippen LogP contribution in [0.25, 0.3) is 0 Å². The van der Waals surface area contributed by atoms with Crippen molar-refractivity contribution in [2.45, 2.75) is 103 Å². The Morgan fingerprint density at radius 1 is 1.00 bits per heavy atom. The molecular weight excluding hydrogens is 380 g/mol. The molecule has 2 aliphatic heterocycles. The third kappa shape index (κ3) is 1.78. The molecule has 0 aromatic carbocycles. The summed E-state index contributed by atoms with van der Waals surface area (Å²) in [6.45, 7) is 11.1. The summed E-state index contributed by atoms with van der Waals surface area (Å²) in [5.41, 5.74) is -3.26. The lowest BCUT2D eigenvalue weighted by Gasteiger charge is -2.63. The van der Waals surface area contributed by atoms with Crippen LogP contribution in [0.3, 0.4) is 0 Å². The van der Waals surface area contributed by atoms with Crippen LogP contribution in [-0.4, -0.2) is 39.8 Å². The molecule has 0 aromatic rings. The van der Waals surface area contributed by atoms with Crippen molar-refractivity contribution in [3.05, 3.63) is 0 Å². The first-order valence-corrected chi connectivity index (χ1v) is 12.1. The molecule has 4 aliphatic carbocycles. The fraction of sp³-hybridized carbons (Fsp3) is 0.960. The Morgan fingerprint density at radius 3 is 2.37 bits per heavy atom. The Labute approximate surface area is 179 Å². The van der Waals surface area contributed by atoms with E-state index in [2.05, 4.69) is 20.8 Å². The van der Waals surface area contributed by atoms with Gasteiger partial charge in [-0.1, -0.05) is 27.2 Å². The van der Waals surface area contributed by atoms with Crippen LogP contribution < -0.4 is 0 Å². The normalized spacial score (nSPS) is 63.4. The van der Waals surface area contributed by atoms with Crippen LogP contribution >= 0.6 is 0 Å². The number of fused-ring (bicyclic) bond motifs is 3. The number of carbonyl (C=O) groups excluding carboxylic acids is 1. The summed E-state index contributed by atoms with van der Waals surface area (Å²) < 4.78 is 12.7. The van der Waals surface area contributed by atoms with Gasteiger partial charge in [-0.2, -0.15) is 0 Å². The lowest BCUT2D eigenvalue weighted by Crippen LogP contribution is -2.69. The molecule has 2 N–H and O–H groups in total. The van der Waals surface area contributed by atoms with Gasteiger partial charge in [0, 0.05) is 11.8 Å². The number of carbonyl (C=O) groups is 1. The second-order valence-electron chi connectivity index (χ2n) is 13.0. The number of hydrogen-bond acceptors (Lipinski definition) is 5. The van der Waals surface area contributed by atoms with Crippen molar-refractivity contribution in [1.82, 2.24) is 0 Å². The van der Waals surface area contributed by atoms with E-state index in [1.165, 1.54) is 0 Å². The second kappa shape index (κ2) is 5.12. The Hall–Kier alpha value is -0.650. The first-order chi connectivity index (χ1) is 13.8. The van der Waals surface area contributed by atoms with Crippen LogP contribution in [0.1, 0.15) is 86.0 Å². The summed E-state index contributed by atoms with van der Waals surface area (Å²) in [5.74, 6) is -0.499. The van der Waals surface area contributed by atoms with E-state index in [1.807, 2.05) is 6.92 Å². The van der Waals surface area contributed by atoms with E-state index < -0.39 is 28.4 Å². The van der Waals surface area contributed by atoms with Crippen molar-refractivity contribution in [3.63, 3.8) is 0 Å². The van der Waals surface area contributed by atoms with Crippen molar-refractivity contribution < 1.29 is 24.5 Å². The number of ether oxygens (including phenoxy) is 2. The second-order valence-corrected chi connectivity index (χ2v) is 13.0. The van der Waals surface area contributed by atoms with Gasteiger partial charge in [0.05, 0.1) is 17.6 Å². The van der Waals surface area contributed by atoms with Gasteiger partial charge in [0.15, 0.2) is 5.60 Å². The van der Waals surface area contributed by atoms with Crippen LogP contribution in [0.4, 0.5) is 0 Å². The van der Waals surface area contributed by atoms with Crippen LogP contribution in [0, 0.1) is 39.4 Å². The van der Waals surface area contributed by atoms with Crippen LogP contribution in [0.15, 0.2) is 0 Å². The molecule has 2 heterocycles. The van der Waals surface area contributed by atoms with Gasteiger partial charge in [-0.15, -0.1) is 0 Å². The highest BCUT2D eigenvalue weighted by atomic mass is 16.7. The predicted molar refractivity (Wildman–Crippen MR) is 110 cm³/mol. The van der Waals surface area contributed by atoms with Crippen molar-refractivity contribution >= 4 is 5.97 Å². The van der Waals surface area contributed by atoms with Gasteiger partial charge >= 0.3 is 5.97 Å². The molecule has 1 spiro atoms. The predicted octanol–water partition coefficient (Wildman–Crippen LogP) is 3.80. The van der Waals surface area contributed by atoms with Crippen molar-refractivity contribution in [1.29, 1.82) is 0 Å². The SMILES string of the molecule is CC(C)[C@]12CC[C@@]3(CO[C@]45C[C@@]6(C)CCC[C@@](C)(O)[C@@H]6C[C@@]43[C@](C)(O)C(=O)O5)[C@H]1C2. The maximum Gasteiger partial charge on any atom is 0.341 e. The Kier molecular flexibility index (Phi) is 3.41. The fourth-order valence-electron chi connectivity index (χ4n) is 10.1. The quantitative estimate of drug-likeness (QED) is 0.634. The highest BCUT2D eigenvalue weighted by Gasteiger charge is 2.91. The molecule has 30 heavy (non-hydrogen) atoms. The summed E-state index contributed by atoms with van der Waals surface area (Å²) >= 11 is 0. The molecule has 0 radical (unpaired) electrons. The summed E-state index contributed by atoms with van der Waals surface area (Å²) in [4.78, 5) is 13.2. The topological polar surface area (TPSA) is 76.0 Å². The minimum atomic E-state index is -1.59. The maximum atomic E-state index is 13.2. The molecule has 0 aromatic heterocycles. The number of hydrogen-bond donors (Lipinski definition) is 2. The molecule has 4 saturated carbocycles. The fourth-order valence-corrected chi connectivity index (χ4v) is 10.1. The molecule has 6 aliphatic rings. The molecule has 6 fully saturated rings. The molecule has 0 amide bonds. The average Bonchev–Trinajstić information content (AvgIpc) is 3.16. The third-order valence-corrected chi connectivity index (χ3v) is 11.7. The third-order valence-electron chi connectivity index (χ3n) is 11.7. The summed E-state index contributed by atoms with van der Waals surface area (Å²) in [7, 11) is 0. The minimum absolute atomic E-state index is 0.0271. The van der Waals surface area contributed by atoms with Gasteiger partial charge in [0.1, 0.15) is 0 Å². The van der Waals surface area contributed by atoms with Crippen LogP contribution in [0.2, 0.25) is 0 Å². The lowest BCUT2D eigenvalue weighted by atomic mass is 9.41. The van der Waals surface area contributed by atoms with Crippen molar-refractivity contribution in [3.8, 4) is 0 Å². The molecule has 0 bridgehead atoms. The molecule has 6 rings (SSSR count). The summed E-state index contributed by atoms with van der Waals surface area (Å²) in [5, 5.41) is 23.4. The maximum absolute atomic E-state index is 13.2. The zero-order valence-corrected chi connectivity index (χ0v) is 19.2. The van der Waals surface area contributed by atoms with E-state index in [1.54, 1.807) is 6.92 Å². The Balaban J connectivity index is 1.56. The van der Waals surface area contributed by atoms with E-state index in [4.69, 9.17) is 9.47 Å². The van der Waals surface area contributed by atoms with Gasteiger partial charge in [0.25, 0.3) is 0 Å². The number of rotatable bonds is 1. The number of esters is 1. The first kappa shape index (κ1) is 20.0.